The Hall–Kier alpha value is -0.120. The highest BCUT2D eigenvalue weighted by molar-refractivity contribution is 5.01. The van der Waals surface area contributed by atoms with Crippen molar-refractivity contribution >= 4 is 0 Å². The molecule has 0 bridgehead atoms. The van der Waals surface area contributed by atoms with Crippen LogP contribution in [0.1, 0.15) is 26.2 Å². The standard InChI is InChI=1S/C10H19NO2/c1-7-9(2-3-13-7)10(6-11)4-8(12)5-10/h7-9,12H,2-6,11H2,1H3. The molecule has 2 rings (SSSR count). The van der Waals surface area contributed by atoms with Crippen LogP contribution in [-0.4, -0.2) is 30.5 Å². The Morgan fingerprint density at radius 3 is 2.62 bits per heavy atom. The molecule has 76 valence electrons. The molecule has 1 saturated carbocycles. The number of aliphatic hydroxyl groups is 1. The number of nitrogens with two attached hydrogens (primary N) is 1. The summed E-state index contributed by atoms with van der Waals surface area (Å²) >= 11 is 0. The summed E-state index contributed by atoms with van der Waals surface area (Å²) in [7, 11) is 0. The Bertz CT molecular complexity index is 189. The molecule has 0 spiro atoms. The van der Waals surface area contributed by atoms with E-state index in [0.29, 0.717) is 18.6 Å². The minimum atomic E-state index is -0.114. The lowest BCUT2D eigenvalue weighted by Crippen LogP contribution is -2.52. The third-order valence-corrected chi connectivity index (χ3v) is 3.85. The van der Waals surface area contributed by atoms with E-state index < -0.39 is 0 Å². The number of aliphatic hydroxyl groups excluding tert-OH is 1. The molecule has 0 radical (unpaired) electrons. The maximum absolute atomic E-state index is 9.36. The smallest absolute Gasteiger partial charge is 0.0581 e. The second kappa shape index (κ2) is 3.23. The summed E-state index contributed by atoms with van der Waals surface area (Å²) in [5.74, 6) is 0.570. The number of hydrogen-bond acceptors (Lipinski definition) is 3. The van der Waals surface area contributed by atoms with Gasteiger partial charge >= 0.3 is 0 Å². The first kappa shape index (κ1) is 9.44. The monoisotopic (exact) mass is 185 g/mol. The first-order valence-electron chi connectivity index (χ1n) is 5.18. The minimum absolute atomic E-state index is 0.114. The molecule has 3 heteroatoms. The lowest BCUT2D eigenvalue weighted by molar-refractivity contribution is -0.0793. The van der Waals surface area contributed by atoms with E-state index in [2.05, 4.69) is 6.92 Å². The number of rotatable bonds is 2. The van der Waals surface area contributed by atoms with Gasteiger partial charge in [-0.05, 0) is 44.1 Å². The van der Waals surface area contributed by atoms with Gasteiger partial charge in [-0.3, -0.25) is 0 Å². The predicted octanol–water partition coefficient (Wildman–Crippen LogP) is 0.511. The molecule has 2 atom stereocenters. The second-order valence-electron chi connectivity index (χ2n) is 4.60. The third-order valence-electron chi connectivity index (χ3n) is 3.85. The molecule has 0 aromatic heterocycles. The summed E-state index contributed by atoms with van der Waals surface area (Å²) in [6.07, 6.45) is 3.09. The summed E-state index contributed by atoms with van der Waals surface area (Å²) in [6, 6.07) is 0. The van der Waals surface area contributed by atoms with Crippen LogP contribution in [0.2, 0.25) is 0 Å². The van der Waals surface area contributed by atoms with Gasteiger partial charge < -0.3 is 15.6 Å². The summed E-state index contributed by atoms with van der Waals surface area (Å²) in [5, 5.41) is 9.36. The van der Waals surface area contributed by atoms with Gasteiger partial charge in [-0.15, -0.1) is 0 Å². The highest BCUT2D eigenvalue weighted by Gasteiger charge is 2.51. The molecule has 2 aliphatic rings. The lowest BCUT2D eigenvalue weighted by atomic mass is 9.58. The summed E-state index contributed by atoms with van der Waals surface area (Å²) in [6.45, 7) is 3.69. The van der Waals surface area contributed by atoms with Crippen LogP contribution >= 0.6 is 0 Å². The SMILES string of the molecule is CC1OCCC1C1(CN)CC(O)C1. The van der Waals surface area contributed by atoms with Crippen molar-refractivity contribution < 1.29 is 9.84 Å². The number of hydrogen-bond donors (Lipinski definition) is 2. The number of ether oxygens (including phenoxy) is 1. The van der Waals surface area contributed by atoms with Crippen molar-refractivity contribution in [3.63, 3.8) is 0 Å². The molecule has 3 nitrogen and oxygen atoms in total. The van der Waals surface area contributed by atoms with Crippen LogP contribution in [0.4, 0.5) is 0 Å². The van der Waals surface area contributed by atoms with E-state index in [1.807, 2.05) is 0 Å². The molecular formula is C10H19NO2. The molecule has 1 heterocycles. The van der Waals surface area contributed by atoms with Crippen LogP contribution in [0.15, 0.2) is 0 Å². The Balaban J connectivity index is 2.04. The Labute approximate surface area is 79.3 Å². The highest BCUT2D eigenvalue weighted by atomic mass is 16.5. The van der Waals surface area contributed by atoms with Crippen molar-refractivity contribution in [3.8, 4) is 0 Å². The second-order valence-corrected chi connectivity index (χ2v) is 4.60. The van der Waals surface area contributed by atoms with Gasteiger partial charge in [-0.25, -0.2) is 0 Å². The van der Waals surface area contributed by atoms with E-state index in [1.165, 1.54) is 0 Å². The normalized spacial score (nSPS) is 50.5. The summed E-state index contributed by atoms with van der Waals surface area (Å²) < 4.78 is 5.55. The predicted molar refractivity (Wildman–Crippen MR) is 50.2 cm³/mol. The van der Waals surface area contributed by atoms with E-state index >= 15 is 0 Å². The first-order chi connectivity index (χ1) is 6.18. The van der Waals surface area contributed by atoms with E-state index in [9.17, 15) is 5.11 Å². The van der Waals surface area contributed by atoms with Gasteiger partial charge in [0.25, 0.3) is 0 Å². The van der Waals surface area contributed by atoms with E-state index in [1.54, 1.807) is 0 Å². The Kier molecular flexibility index (Phi) is 2.34. The molecule has 0 amide bonds. The fraction of sp³-hybridized carbons (Fsp3) is 1.00. The van der Waals surface area contributed by atoms with E-state index in [-0.39, 0.29) is 11.5 Å². The van der Waals surface area contributed by atoms with Gasteiger partial charge in [-0.2, -0.15) is 0 Å². The van der Waals surface area contributed by atoms with Crippen LogP contribution < -0.4 is 5.73 Å². The van der Waals surface area contributed by atoms with E-state index in [0.717, 1.165) is 25.9 Å². The Morgan fingerprint density at radius 2 is 2.23 bits per heavy atom. The fourth-order valence-corrected chi connectivity index (χ4v) is 3.04. The molecule has 3 N–H and O–H groups in total. The average molecular weight is 185 g/mol. The summed E-state index contributed by atoms with van der Waals surface area (Å²) in [5.41, 5.74) is 6.00. The third kappa shape index (κ3) is 1.39. The highest BCUT2D eigenvalue weighted by Crippen LogP contribution is 2.51. The van der Waals surface area contributed by atoms with Gasteiger partial charge in [0.1, 0.15) is 0 Å². The van der Waals surface area contributed by atoms with Crippen molar-refractivity contribution in [2.24, 2.45) is 17.1 Å². The van der Waals surface area contributed by atoms with Gasteiger partial charge in [0.05, 0.1) is 12.2 Å². The van der Waals surface area contributed by atoms with Gasteiger partial charge in [-0.1, -0.05) is 0 Å². The van der Waals surface area contributed by atoms with Crippen LogP contribution in [0, 0.1) is 11.3 Å². The maximum Gasteiger partial charge on any atom is 0.0581 e. The van der Waals surface area contributed by atoms with Crippen molar-refractivity contribution in [3.05, 3.63) is 0 Å². The first-order valence-corrected chi connectivity index (χ1v) is 5.18. The van der Waals surface area contributed by atoms with Crippen molar-refractivity contribution in [1.29, 1.82) is 0 Å². The Morgan fingerprint density at radius 1 is 1.54 bits per heavy atom. The fourth-order valence-electron chi connectivity index (χ4n) is 3.04. The topological polar surface area (TPSA) is 55.5 Å². The minimum Gasteiger partial charge on any atom is -0.393 e. The molecule has 1 saturated heterocycles. The average Bonchev–Trinajstić information content (AvgIpc) is 2.46. The molecule has 2 fully saturated rings. The van der Waals surface area contributed by atoms with Crippen LogP contribution in [0.3, 0.4) is 0 Å². The molecular weight excluding hydrogens is 166 g/mol. The molecule has 0 aromatic carbocycles. The quantitative estimate of drug-likeness (QED) is 0.659. The van der Waals surface area contributed by atoms with Gasteiger partial charge in [0, 0.05) is 6.61 Å². The van der Waals surface area contributed by atoms with Crippen molar-refractivity contribution in [2.75, 3.05) is 13.2 Å². The molecule has 1 aliphatic carbocycles. The maximum atomic E-state index is 9.36. The van der Waals surface area contributed by atoms with Gasteiger partial charge in [0.15, 0.2) is 0 Å². The zero-order valence-corrected chi connectivity index (χ0v) is 8.20. The van der Waals surface area contributed by atoms with E-state index in [4.69, 9.17) is 10.5 Å². The zero-order valence-electron chi connectivity index (χ0n) is 8.20. The molecule has 13 heavy (non-hydrogen) atoms. The summed E-state index contributed by atoms with van der Waals surface area (Å²) in [4.78, 5) is 0. The molecule has 2 unspecified atom stereocenters. The van der Waals surface area contributed by atoms with Crippen LogP contribution in [0.25, 0.3) is 0 Å². The zero-order chi connectivity index (χ0) is 9.47. The molecule has 1 aliphatic heterocycles. The molecule has 0 aromatic rings. The van der Waals surface area contributed by atoms with Crippen molar-refractivity contribution in [2.45, 2.75) is 38.4 Å². The van der Waals surface area contributed by atoms with Crippen LogP contribution in [-0.2, 0) is 4.74 Å². The largest absolute Gasteiger partial charge is 0.393 e. The van der Waals surface area contributed by atoms with Crippen molar-refractivity contribution in [1.82, 2.24) is 0 Å². The lowest BCUT2D eigenvalue weighted by Gasteiger charge is -2.49. The van der Waals surface area contributed by atoms with Crippen LogP contribution in [0.5, 0.6) is 0 Å². The van der Waals surface area contributed by atoms with Gasteiger partial charge in [0.2, 0.25) is 0 Å².